The highest BCUT2D eigenvalue weighted by molar-refractivity contribution is 7.92. The largest absolute Gasteiger partial charge is 0.364 e. The number of carbonyl (C=O) groups is 2. The third-order valence-corrected chi connectivity index (χ3v) is 5.89. The first-order chi connectivity index (χ1) is 12.6. The standard InChI is InChI=1S/C19H30N2O5S/c1-6-27(24,25)14-18(22)20(4)11-12-21(5)19(23)16(3)26-13-17-9-7-15(2)8-10-17/h7-10,16H,6,11-14H2,1-5H3. The van der Waals surface area contributed by atoms with Crippen LogP contribution in [0.15, 0.2) is 24.3 Å². The first-order valence-electron chi connectivity index (χ1n) is 8.92. The van der Waals surface area contributed by atoms with Crippen LogP contribution in [0, 0.1) is 6.92 Å². The highest BCUT2D eigenvalue weighted by atomic mass is 32.2. The maximum Gasteiger partial charge on any atom is 0.251 e. The van der Waals surface area contributed by atoms with E-state index in [0.29, 0.717) is 13.2 Å². The Morgan fingerprint density at radius 3 is 2.19 bits per heavy atom. The summed E-state index contributed by atoms with van der Waals surface area (Å²) in [4.78, 5) is 27.1. The van der Waals surface area contributed by atoms with Crippen LogP contribution in [0.3, 0.4) is 0 Å². The second kappa shape index (κ2) is 10.4. The molecule has 0 aliphatic rings. The zero-order chi connectivity index (χ0) is 20.6. The maximum atomic E-state index is 12.4. The Bertz CT molecular complexity index is 731. The SMILES string of the molecule is CCS(=O)(=O)CC(=O)N(C)CCN(C)C(=O)C(C)OCc1ccc(C)cc1. The van der Waals surface area contributed by atoms with Gasteiger partial charge in [-0.1, -0.05) is 36.8 Å². The topological polar surface area (TPSA) is 84.0 Å². The summed E-state index contributed by atoms with van der Waals surface area (Å²) in [6, 6.07) is 7.90. The molecule has 0 aliphatic heterocycles. The molecule has 0 heterocycles. The Kier molecular flexibility index (Phi) is 8.92. The van der Waals surface area contributed by atoms with Gasteiger partial charge in [-0.05, 0) is 19.4 Å². The van der Waals surface area contributed by atoms with Gasteiger partial charge in [-0.25, -0.2) is 8.42 Å². The number of nitrogens with zero attached hydrogens (tertiary/aromatic N) is 2. The van der Waals surface area contributed by atoms with E-state index in [4.69, 9.17) is 4.74 Å². The number of amides is 2. The maximum absolute atomic E-state index is 12.4. The third kappa shape index (κ3) is 8.09. The zero-order valence-corrected chi connectivity index (χ0v) is 17.6. The van der Waals surface area contributed by atoms with Crippen molar-refractivity contribution < 1.29 is 22.7 Å². The van der Waals surface area contributed by atoms with Crippen molar-refractivity contribution >= 4 is 21.7 Å². The summed E-state index contributed by atoms with van der Waals surface area (Å²) in [5, 5.41) is 0. The van der Waals surface area contributed by atoms with E-state index in [2.05, 4.69) is 0 Å². The normalized spacial score (nSPS) is 12.5. The average Bonchev–Trinajstić information content (AvgIpc) is 2.63. The number of likely N-dealkylation sites (N-methyl/N-ethyl adjacent to an activating group) is 2. The van der Waals surface area contributed by atoms with E-state index < -0.39 is 27.6 Å². The number of sulfone groups is 1. The molecule has 0 saturated carbocycles. The minimum atomic E-state index is -3.36. The lowest BCUT2D eigenvalue weighted by Crippen LogP contribution is -2.42. The van der Waals surface area contributed by atoms with Crippen LogP contribution >= 0.6 is 0 Å². The lowest BCUT2D eigenvalue weighted by atomic mass is 10.2. The summed E-state index contributed by atoms with van der Waals surface area (Å²) in [5.41, 5.74) is 2.15. The van der Waals surface area contributed by atoms with Crippen LogP contribution in [0.4, 0.5) is 0 Å². The minimum Gasteiger partial charge on any atom is -0.364 e. The summed E-state index contributed by atoms with van der Waals surface area (Å²) in [5.74, 6) is -1.24. The molecule has 152 valence electrons. The lowest BCUT2D eigenvalue weighted by Gasteiger charge is -2.24. The van der Waals surface area contributed by atoms with Gasteiger partial charge in [0.1, 0.15) is 11.9 Å². The number of rotatable bonds is 10. The minimum absolute atomic E-state index is 0.0686. The van der Waals surface area contributed by atoms with Crippen LogP contribution in [0.1, 0.15) is 25.0 Å². The lowest BCUT2D eigenvalue weighted by molar-refractivity contribution is -0.142. The van der Waals surface area contributed by atoms with Gasteiger partial charge < -0.3 is 14.5 Å². The highest BCUT2D eigenvalue weighted by Gasteiger charge is 2.21. The summed E-state index contributed by atoms with van der Waals surface area (Å²) in [6.07, 6.45) is -0.613. The van der Waals surface area contributed by atoms with Crippen LogP contribution in [0.2, 0.25) is 0 Å². The number of ether oxygens (including phenoxy) is 1. The van der Waals surface area contributed by atoms with E-state index in [1.807, 2.05) is 31.2 Å². The molecule has 0 bridgehead atoms. The monoisotopic (exact) mass is 398 g/mol. The molecule has 0 spiro atoms. The van der Waals surface area contributed by atoms with Gasteiger partial charge in [-0.2, -0.15) is 0 Å². The molecule has 0 saturated heterocycles. The van der Waals surface area contributed by atoms with Gasteiger partial charge in [-0.3, -0.25) is 9.59 Å². The summed E-state index contributed by atoms with van der Waals surface area (Å²) >= 11 is 0. The van der Waals surface area contributed by atoms with Gasteiger partial charge in [0.15, 0.2) is 9.84 Å². The fraction of sp³-hybridized carbons (Fsp3) is 0.579. The third-order valence-electron chi connectivity index (χ3n) is 4.32. The molecule has 2 amide bonds. The Hall–Kier alpha value is -1.93. The first-order valence-corrected chi connectivity index (χ1v) is 10.7. The molecule has 1 aromatic carbocycles. The number of carbonyl (C=O) groups excluding carboxylic acids is 2. The number of hydrogen-bond acceptors (Lipinski definition) is 5. The molecular weight excluding hydrogens is 368 g/mol. The van der Waals surface area contributed by atoms with Crippen molar-refractivity contribution in [3.63, 3.8) is 0 Å². The Morgan fingerprint density at radius 1 is 1.07 bits per heavy atom. The molecule has 8 heteroatoms. The molecule has 0 fully saturated rings. The van der Waals surface area contributed by atoms with Crippen molar-refractivity contribution in [2.75, 3.05) is 38.7 Å². The Balaban J connectivity index is 2.43. The second-order valence-electron chi connectivity index (χ2n) is 6.69. The van der Waals surface area contributed by atoms with E-state index in [-0.39, 0.29) is 18.2 Å². The van der Waals surface area contributed by atoms with Crippen molar-refractivity contribution in [2.45, 2.75) is 33.5 Å². The van der Waals surface area contributed by atoms with Crippen LogP contribution in [0.25, 0.3) is 0 Å². The zero-order valence-electron chi connectivity index (χ0n) is 16.8. The van der Waals surface area contributed by atoms with Crippen LogP contribution in [-0.4, -0.2) is 74.8 Å². The van der Waals surface area contributed by atoms with Crippen LogP contribution in [0.5, 0.6) is 0 Å². The molecule has 0 radical (unpaired) electrons. The Morgan fingerprint density at radius 2 is 1.63 bits per heavy atom. The van der Waals surface area contributed by atoms with E-state index in [0.717, 1.165) is 11.1 Å². The molecular formula is C19H30N2O5S. The molecule has 0 N–H and O–H groups in total. The molecule has 27 heavy (non-hydrogen) atoms. The van der Waals surface area contributed by atoms with Crippen molar-refractivity contribution in [1.29, 1.82) is 0 Å². The number of hydrogen-bond donors (Lipinski definition) is 0. The number of benzene rings is 1. The quantitative estimate of drug-likeness (QED) is 0.592. The summed E-state index contributed by atoms with van der Waals surface area (Å²) in [6.45, 7) is 6.10. The van der Waals surface area contributed by atoms with Gasteiger partial charge >= 0.3 is 0 Å². The molecule has 0 aromatic heterocycles. The summed E-state index contributed by atoms with van der Waals surface area (Å²) < 4.78 is 28.7. The molecule has 1 unspecified atom stereocenters. The molecule has 0 aliphatic carbocycles. The van der Waals surface area contributed by atoms with Gasteiger partial charge in [0.25, 0.3) is 5.91 Å². The Labute approximate surface area is 162 Å². The van der Waals surface area contributed by atoms with E-state index >= 15 is 0 Å². The highest BCUT2D eigenvalue weighted by Crippen LogP contribution is 2.07. The van der Waals surface area contributed by atoms with Crippen molar-refractivity contribution in [3.05, 3.63) is 35.4 Å². The molecule has 7 nitrogen and oxygen atoms in total. The predicted molar refractivity (Wildman–Crippen MR) is 105 cm³/mol. The van der Waals surface area contributed by atoms with Crippen molar-refractivity contribution in [1.82, 2.24) is 9.80 Å². The van der Waals surface area contributed by atoms with Gasteiger partial charge in [0, 0.05) is 32.9 Å². The average molecular weight is 399 g/mol. The fourth-order valence-corrected chi connectivity index (χ4v) is 3.02. The fourth-order valence-electron chi connectivity index (χ4n) is 2.22. The van der Waals surface area contributed by atoms with Crippen molar-refractivity contribution in [3.8, 4) is 0 Å². The molecule has 1 rings (SSSR count). The summed E-state index contributed by atoms with van der Waals surface area (Å²) in [7, 11) is -0.195. The van der Waals surface area contributed by atoms with Gasteiger partial charge in [0.05, 0.1) is 6.61 Å². The van der Waals surface area contributed by atoms with Gasteiger partial charge in [0.2, 0.25) is 5.91 Å². The van der Waals surface area contributed by atoms with E-state index in [9.17, 15) is 18.0 Å². The van der Waals surface area contributed by atoms with Crippen LogP contribution < -0.4 is 0 Å². The molecule has 1 aromatic rings. The number of aryl methyl sites for hydroxylation is 1. The van der Waals surface area contributed by atoms with Crippen molar-refractivity contribution in [2.24, 2.45) is 0 Å². The van der Waals surface area contributed by atoms with Gasteiger partial charge in [-0.15, -0.1) is 0 Å². The van der Waals surface area contributed by atoms with Crippen LogP contribution in [-0.2, 0) is 30.8 Å². The molecule has 1 atom stereocenters. The second-order valence-corrected chi connectivity index (χ2v) is 9.04. The first kappa shape index (κ1) is 23.1. The van der Waals surface area contributed by atoms with E-state index in [1.54, 1.807) is 14.0 Å². The van der Waals surface area contributed by atoms with E-state index in [1.165, 1.54) is 23.8 Å². The smallest absolute Gasteiger partial charge is 0.251 e. The predicted octanol–water partition coefficient (Wildman–Crippen LogP) is 1.25.